The minimum Gasteiger partial charge on any atom is -0.334 e. The molecule has 1 N–H and O–H groups in total. The van der Waals surface area contributed by atoms with Gasteiger partial charge in [0, 0.05) is 37.6 Å². The number of nitrogens with zero attached hydrogens (tertiary/aromatic N) is 3. The summed E-state index contributed by atoms with van der Waals surface area (Å²) in [6, 6.07) is 3.93. The van der Waals surface area contributed by atoms with Gasteiger partial charge in [0.25, 0.3) is 5.91 Å². The van der Waals surface area contributed by atoms with Crippen molar-refractivity contribution in [3.63, 3.8) is 0 Å². The van der Waals surface area contributed by atoms with Crippen molar-refractivity contribution in [3.8, 4) is 0 Å². The molecule has 0 aliphatic carbocycles. The Bertz CT molecular complexity index is 535. The maximum absolute atomic E-state index is 12.1. The smallest absolute Gasteiger partial charge is 0.257 e. The molecule has 0 fully saturated rings. The van der Waals surface area contributed by atoms with E-state index in [1.54, 1.807) is 18.6 Å². The van der Waals surface area contributed by atoms with E-state index in [1.165, 1.54) is 0 Å². The summed E-state index contributed by atoms with van der Waals surface area (Å²) in [6.45, 7) is 1.35. The van der Waals surface area contributed by atoms with Crippen LogP contribution < -0.4 is 0 Å². The van der Waals surface area contributed by atoms with Gasteiger partial charge in [-0.3, -0.25) is 14.9 Å². The average molecular weight is 228 g/mol. The van der Waals surface area contributed by atoms with Crippen molar-refractivity contribution < 1.29 is 4.79 Å². The fourth-order valence-electron chi connectivity index (χ4n) is 2.09. The van der Waals surface area contributed by atoms with Crippen LogP contribution in [0.4, 0.5) is 0 Å². The second-order valence-corrected chi connectivity index (χ2v) is 4.07. The van der Waals surface area contributed by atoms with Gasteiger partial charge in [-0.1, -0.05) is 6.07 Å². The van der Waals surface area contributed by atoms with Crippen LogP contribution in [-0.2, 0) is 13.0 Å². The number of aromatic amines is 1. The zero-order valence-electron chi connectivity index (χ0n) is 9.26. The van der Waals surface area contributed by atoms with Gasteiger partial charge in [-0.15, -0.1) is 0 Å². The average Bonchev–Trinajstić information content (AvgIpc) is 2.91. The standard InChI is InChI=1S/C12H12N4O/c17-12(10-6-14-15-7-10)16-5-3-11-9(8-16)2-1-4-13-11/h1-2,4,6-7H,3,5,8H2,(H,14,15). The van der Waals surface area contributed by atoms with Gasteiger partial charge >= 0.3 is 0 Å². The molecule has 3 heterocycles. The molecule has 0 spiro atoms. The third-order valence-corrected chi connectivity index (χ3v) is 3.00. The number of hydrogen-bond donors (Lipinski definition) is 1. The Balaban J connectivity index is 1.83. The molecule has 1 amide bonds. The van der Waals surface area contributed by atoms with Crippen LogP contribution in [0.1, 0.15) is 21.6 Å². The van der Waals surface area contributed by atoms with Crippen LogP contribution in [0.25, 0.3) is 0 Å². The van der Waals surface area contributed by atoms with E-state index in [2.05, 4.69) is 15.2 Å². The van der Waals surface area contributed by atoms with Gasteiger partial charge in [-0.25, -0.2) is 0 Å². The molecule has 1 aliphatic rings. The van der Waals surface area contributed by atoms with Crippen molar-refractivity contribution in [2.24, 2.45) is 0 Å². The van der Waals surface area contributed by atoms with Crippen molar-refractivity contribution in [3.05, 3.63) is 47.5 Å². The molecule has 0 unspecified atom stereocenters. The van der Waals surface area contributed by atoms with E-state index in [-0.39, 0.29) is 5.91 Å². The second kappa shape index (κ2) is 4.01. The molecule has 1 aliphatic heterocycles. The van der Waals surface area contributed by atoms with Crippen LogP contribution in [0.15, 0.2) is 30.7 Å². The van der Waals surface area contributed by atoms with Crippen LogP contribution in [0, 0.1) is 0 Å². The molecule has 5 heteroatoms. The number of carbonyl (C=O) groups is 1. The zero-order chi connectivity index (χ0) is 11.7. The monoisotopic (exact) mass is 228 g/mol. The van der Waals surface area contributed by atoms with E-state index in [0.29, 0.717) is 18.7 Å². The Morgan fingerprint density at radius 3 is 3.24 bits per heavy atom. The summed E-state index contributed by atoms with van der Waals surface area (Å²) in [6.07, 6.45) is 5.80. The molecule has 0 saturated carbocycles. The number of rotatable bonds is 1. The van der Waals surface area contributed by atoms with Crippen LogP contribution in [0.5, 0.6) is 0 Å². The first-order chi connectivity index (χ1) is 8.34. The molecule has 0 saturated heterocycles. The van der Waals surface area contributed by atoms with Crippen molar-refractivity contribution in [2.75, 3.05) is 6.54 Å². The molecule has 3 rings (SSSR count). The summed E-state index contributed by atoms with van der Waals surface area (Å²) in [7, 11) is 0. The van der Waals surface area contributed by atoms with Gasteiger partial charge in [-0.05, 0) is 11.6 Å². The number of H-pyrrole nitrogens is 1. The summed E-state index contributed by atoms with van der Waals surface area (Å²) < 4.78 is 0. The predicted octanol–water partition coefficient (Wildman–Crippen LogP) is 1.00. The first-order valence-corrected chi connectivity index (χ1v) is 5.55. The first-order valence-electron chi connectivity index (χ1n) is 5.55. The summed E-state index contributed by atoms with van der Waals surface area (Å²) in [4.78, 5) is 18.3. The fraction of sp³-hybridized carbons (Fsp3) is 0.250. The van der Waals surface area contributed by atoms with Crippen molar-refractivity contribution >= 4 is 5.91 Å². The van der Waals surface area contributed by atoms with Crippen LogP contribution in [-0.4, -0.2) is 32.5 Å². The largest absolute Gasteiger partial charge is 0.334 e. The number of nitrogens with one attached hydrogen (secondary N) is 1. The van der Waals surface area contributed by atoms with E-state index in [1.807, 2.05) is 17.0 Å². The zero-order valence-corrected chi connectivity index (χ0v) is 9.26. The normalized spacial score (nSPS) is 14.5. The van der Waals surface area contributed by atoms with E-state index < -0.39 is 0 Å². The molecule has 0 atom stereocenters. The van der Waals surface area contributed by atoms with Gasteiger partial charge in [0.2, 0.25) is 0 Å². The van der Waals surface area contributed by atoms with Gasteiger partial charge in [0.1, 0.15) is 0 Å². The lowest BCUT2D eigenvalue weighted by Gasteiger charge is -2.27. The van der Waals surface area contributed by atoms with Crippen molar-refractivity contribution in [2.45, 2.75) is 13.0 Å². The molecule has 2 aromatic heterocycles. The topological polar surface area (TPSA) is 61.9 Å². The maximum Gasteiger partial charge on any atom is 0.257 e. The lowest BCUT2D eigenvalue weighted by molar-refractivity contribution is 0.0733. The molecule has 0 aromatic carbocycles. The van der Waals surface area contributed by atoms with Crippen LogP contribution in [0.3, 0.4) is 0 Å². The number of carbonyl (C=O) groups excluding carboxylic acids is 1. The highest BCUT2D eigenvalue weighted by atomic mass is 16.2. The molecular weight excluding hydrogens is 216 g/mol. The summed E-state index contributed by atoms with van der Waals surface area (Å²) in [5.74, 6) is 0.0215. The van der Waals surface area contributed by atoms with Gasteiger partial charge in [0.15, 0.2) is 0 Å². The molecule has 0 radical (unpaired) electrons. The van der Waals surface area contributed by atoms with Crippen molar-refractivity contribution in [1.29, 1.82) is 0 Å². The highest BCUT2D eigenvalue weighted by Crippen LogP contribution is 2.17. The van der Waals surface area contributed by atoms with E-state index in [4.69, 9.17) is 0 Å². The molecule has 0 bridgehead atoms. The number of amides is 1. The Kier molecular flexibility index (Phi) is 2.36. The Labute approximate surface area is 98.5 Å². The van der Waals surface area contributed by atoms with Crippen LogP contribution >= 0.6 is 0 Å². The molecule has 5 nitrogen and oxygen atoms in total. The van der Waals surface area contributed by atoms with Gasteiger partial charge in [-0.2, -0.15) is 5.10 Å². The molecule has 86 valence electrons. The van der Waals surface area contributed by atoms with E-state index >= 15 is 0 Å². The highest BCUT2D eigenvalue weighted by Gasteiger charge is 2.22. The summed E-state index contributed by atoms with van der Waals surface area (Å²) in [5.41, 5.74) is 2.84. The molecule has 17 heavy (non-hydrogen) atoms. The lowest BCUT2D eigenvalue weighted by Crippen LogP contribution is -2.36. The molecular formula is C12H12N4O. The van der Waals surface area contributed by atoms with Gasteiger partial charge < -0.3 is 4.90 Å². The third kappa shape index (κ3) is 1.80. The maximum atomic E-state index is 12.1. The lowest BCUT2D eigenvalue weighted by atomic mass is 10.1. The minimum absolute atomic E-state index is 0.0215. The Morgan fingerprint density at radius 2 is 2.41 bits per heavy atom. The number of fused-ring (bicyclic) bond motifs is 1. The second-order valence-electron chi connectivity index (χ2n) is 4.07. The number of aromatic nitrogens is 3. The van der Waals surface area contributed by atoms with E-state index in [9.17, 15) is 4.79 Å². The van der Waals surface area contributed by atoms with E-state index in [0.717, 1.165) is 17.7 Å². The third-order valence-electron chi connectivity index (χ3n) is 3.00. The summed E-state index contributed by atoms with van der Waals surface area (Å²) >= 11 is 0. The van der Waals surface area contributed by atoms with Crippen molar-refractivity contribution in [1.82, 2.24) is 20.1 Å². The highest BCUT2D eigenvalue weighted by molar-refractivity contribution is 5.93. The quantitative estimate of drug-likeness (QED) is 0.792. The summed E-state index contributed by atoms with van der Waals surface area (Å²) in [5, 5.41) is 6.46. The predicted molar refractivity (Wildman–Crippen MR) is 61.3 cm³/mol. The fourth-order valence-corrected chi connectivity index (χ4v) is 2.09. The van der Waals surface area contributed by atoms with Crippen LogP contribution in [0.2, 0.25) is 0 Å². The first kappa shape index (κ1) is 10.0. The number of pyridine rings is 1. The minimum atomic E-state index is 0.0215. The Morgan fingerprint density at radius 1 is 1.47 bits per heavy atom. The SMILES string of the molecule is O=C(c1cn[nH]c1)N1CCc2ncccc2C1. The molecule has 2 aromatic rings. The number of hydrogen-bond acceptors (Lipinski definition) is 3. The van der Waals surface area contributed by atoms with Gasteiger partial charge in [0.05, 0.1) is 11.8 Å². The Hall–Kier alpha value is -2.17.